The van der Waals surface area contributed by atoms with Crippen LogP contribution in [0.1, 0.15) is 47.4 Å². The molecule has 1 atom stereocenters. The molecule has 1 aliphatic carbocycles. The molecule has 1 amide bonds. The molecule has 8 nitrogen and oxygen atoms in total. The summed E-state index contributed by atoms with van der Waals surface area (Å²) >= 11 is 0. The second-order valence-corrected chi connectivity index (χ2v) is 7.43. The molecule has 11 heteroatoms. The first-order chi connectivity index (χ1) is 14.7. The highest BCUT2D eigenvalue weighted by Gasteiger charge is 2.38. The maximum atomic E-state index is 12.9. The number of halogens is 3. The summed E-state index contributed by atoms with van der Waals surface area (Å²) in [5, 5.41) is 11.6. The zero-order valence-corrected chi connectivity index (χ0v) is 17.0. The van der Waals surface area contributed by atoms with Crippen molar-refractivity contribution in [1.82, 2.24) is 14.7 Å². The molecule has 0 bridgehead atoms. The van der Waals surface area contributed by atoms with Crippen LogP contribution in [0.4, 0.5) is 13.2 Å². The number of fused-ring (bicyclic) bond motifs is 1. The van der Waals surface area contributed by atoms with Crippen molar-refractivity contribution >= 4 is 11.9 Å². The first kappa shape index (κ1) is 22.9. The minimum Gasteiger partial charge on any atom is -0.475 e. The Kier molecular flexibility index (Phi) is 7.04. The van der Waals surface area contributed by atoms with Crippen LogP contribution in [0.2, 0.25) is 0 Å². The first-order valence-corrected chi connectivity index (χ1v) is 9.98. The number of hydrogen-bond donors (Lipinski definition) is 1. The van der Waals surface area contributed by atoms with Gasteiger partial charge < -0.3 is 19.2 Å². The van der Waals surface area contributed by atoms with Crippen molar-refractivity contribution in [3.05, 3.63) is 41.6 Å². The quantitative estimate of drug-likeness (QED) is 0.736. The number of hydrogen-bond acceptors (Lipinski definition) is 5. The van der Waals surface area contributed by atoms with E-state index in [1.165, 1.54) is 30.9 Å². The Morgan fingerprint density at radius 3 is 2.58 bits per heavy atom. The molecule has 31 heavy (non-hydrogen) atoms. The normalized spacial score (nSPS) is 18.2. The Bertz CT molecular complexity index is 877. The van der Waals surface area contributed by atoms with Gasteiger partial charge in [0, 0.05) is 19.7 Å². The van der Waals surface area contributed by atoms with Gasteiger partial charge in [0.1, 0.15) is 6.26 Å². The van der Waals surface area contributed by atoms with Gasteiger partial charge in [0.2, 0.25) is 0 Å². The molecule has 0 aromatic carbocycles. The van der Waals surface area contributed by atoms with Crippen LogP contribution >= 0.6 is 0 Å². The third-order valence-corrected chi connectivity index (χ3v) is 5.17. The lowest BCUT2D eigenvalue weighted by atomic mass is 9.99. The highest BCUT2D eigenvalue weighted by Crippen LogP contribution is 2.33. The van der Waals surface area contributed by atoms with E-state index in [4.69, 9.17) is 19.1 Å². The minimum atomic E-state index is -5.08. The van der Waals surface area contributed by atoms with Crippen LogP contribution < -0.4 is 0 Å². The fourth-order valence-electron chi connectivity index (χ4n) is 3.40. The Labute approximate surface area is 176 Å². The van der Waals surface area contributed by atoms with Crippen molar-refractivity contribution in [3.8, 4) is 0 Å². The molecule has 4 rings (SSSR count). The zero-order valence-electron chi connectivity index (χ0n) is 17.0. The number of carbonyl (C=O) groups excluding carboxylic acids is 1. The second kappa shape index (κ2) is 9.54. The summed E-state index contributed by atoms with van der Waals surface area (Å²) in [6.45, 7) is 4.87. The zero-order chi connectivity index (χ0) is 22.6. The molecule has 1 saturated carbocycles. The van der Waals surface area contributed by atoms with Gasteiger partial charge in [-0.3, -0.25) is 9.48 Å². The number of rotatable bonds is 6. The van der Waals surface area contributed by atoms with E-state index in [2.05, 4.69) is 12.0 Å². The van der Waals surface area contributed by atoms with E-state index >= 15 is 0 Å². The van der Waals surface area contributed by atoms with E-state index in [1.807, 2.05) is 15.8 Å². The number of aliphatic carboxylic acids is 1. The largest absolute Gasteiger partial charge is 0.490 e. The number of carboxylic acid groups (broad SMARTS) is 1. The third-order valence-electron chi connectivity index (χ3n) is 5.17. The van der Waals surface area contributed by atoms with Gasteiger partial charge in [-0.05, 0) is 43.7 Å². The lowest BCUT2D eigenvalue weighted by Gasteiger charge is -2.36. The van der Waals surface area contributed by atoms with Crippen LogP contribution in [0.5, 0.6) is 0 Å². The third kappa shape index (κ3) is 5.66. The summed E-state index contributed by atoms with van der Waals surface area (Å²) in [5.41, 5.74) is 2.94. The van der Waals surface area contributed by atoms with E-state index in [0.29, 0.717) is 24.6 Å². The van der Waals surface area contributed by atoms with E-state index < -0.39 is 12.1 Å². The average Bonchev–Trinajstić information content (AvgIpc) is 3.21. The molecule has 0 saturated heterocycles. The van der Waals surface area contributed by atoms with Crippen LogP contribution in [0, 0.1) is 5.92 Å². The molecule has 2 aliphatic rings. The summed E-state index contributed by atoms with van der Waals surface area (Å²) < 4.78 is 44.8. The standard InChI is InChI=1S/C18H23N3O3.C2HF3O2/c1-2-21-17-14(9-19-21)5-7-20(18(22)15-6-8-23-11-15)16(17)12-24-10-13-3-4-13;3-2(4,5)1(6)7/h6,8-9,11,13,16H,2-5,7,10,12H2,1H3;(H,6,7). The number of nitrogens with zero attached hydrogens (tertiary/aromatic N) is 3. The van der Waals surface area contributed by atoms with E-state index in [0.717, 1.165) is 25.3 Å². The lowest BCUT2D eigenvalue weighted by Crippen LogP contribution is -2.42. The molecule has 2 aromatic rings. The molecule has 3 heterocycles. The van der Waals surface area contributed by atoms with E-state index in [1.54, 1.807) is 6.07 Å². The number of carbonyl (C=O) groups is 2. The molecule has 0 spiro atoms. The van der Waals surface area contributed by atoms with Gasteiger partial charge in [-0.15, -0.1) is 0 Å². The highest BCUT2D eigenvalue weighted by molar-refractivity contribution is 5.94. The topological polar surface area (TPSA) is 97.8 Å². The Balaban J connectivity index is 0.000000339. The number of alkyl halides is 3. The number of furan rings is 1. The smallest absolute Gasteiger partial charge is 0.475 e. The highest BCUT2D eigenvalue weighted by atomic mass is 19.4. The molecule has 2 aromatic heterocycles. The van der Waals surface area contributed by atoms with Crippen LogP contribution in [0.3, 0.4) is 0 Å². The number of aromatic nitrogens is 2. The second-order valence-electron chi connectivity index (χ2n) is 7.43. The van der Waals surface area contributed by atoms with Gasteiger partial charge >= 0.3 is 12.1 Å². The van der Waals surface area contributed by atoms with Crippen molar-refractivity contribution in [1.29, 1.82) is 0 Å². The number of ether oxygens (including phenoxy) is 1. The molecule has 0 radical (unpaired) electrons. The van der Waals surface area contributed by atoms with E-state index in [9.17, 15) is 18.0 Å². The SMILES string of the molecule is CCn1ncc2c1C(COCC1CC1)N(C(=O)c1ccoc1)CC2.O=C(O)C(F)(F)F. The molecule has 1 fully saturated rings. The van der Waals surface area contributed by atoms with Crippen LogP contribution in [0.15, 0.2) is 29.2 Å². The fraction of sp³-hybridized carbons (Fsp3) is 0.550. The van der Waals surface area contributed by atoms with Crippen molar-refractivity contribution in [3.63, 3.8) is 0 Å². The van der Waals surface area contributed by atoms with Gasteiger partial charge in [-0.1, -0.05) is 0 Å². The Morgan fingerprint density at radius 2 is 2.03 bits per heavy atom. The molecule has 1 aliphatic heterocycles. The van der Waals surface area contributed by atoms with Crippen LogP contribution in [-0.4, -0.2) is 57.6 Å². The maximum Gasteiger partial charge on any atom is 0.490 e. The number of carboxylic acids is 1. The first-order valence-electron chi connectivity index (χ1n) is 9.98. The molecule has 1 unspecified atom stereocenters. The summed E-state index contributed by atoms with van der Waals surface area (Å²) in [6.07, 6.45) is 3.26. The molecular weight excluding hydrogens is 419 g/mol. The molecule has 1 N–H and O–H groups in total. The van der Waals surface area contributed by atoms with Gasteiger partial charge in [0.05, 0.1) is 36.4 Å². The average molecular weight is 443 g/mol. The van der Waals surface area contributed by atoms with Gasteiger partial charge in [0.15, 0.2) is 0 Å². The van der Waals surface area contributed by atoms with Gasteiger partial charge in [-0.25, -0.2) is 4.79 Å². The maximum absolute atomic E-state index is 12.9. The van der Waals surface area contributed by atoms with Crippen LogP contribution in [-0.2, 0) is 22.5 Å². The van der Waals surface area contributed by atoms with E-state index in [-0.39, 0.29) is 11.9 Å². The Morgan fingerprint density at radius 1 is 1.32 bits per heavy atom. The van der Waals surface area contributed by atoms with Crippen LogP contribution in [0.25, 0.3) is 0 Å². The summed E-state index contributed by atoms with van der Waals surface area (Å²) in [7, 11) is 0. The fourth-order valence-corrected chi connectivity index (χ4v) is 3.40. The number of amides is 1. The number of aryl methyl sites for hydroxylation is 1. The summed E-state index contributed by atoms with van der Waals surface area (Å²) in [6, 6.07) is 1.63. The van der Waals surface area contributed by atoms with Crippen molar-refractivity contribution in [2.45, 2.75) is 44.9 Å². The predicted octanol–water partition coefficient (Wildman–Crippen LogP) is 3.30. The lowest BCUT2D eigenvalue weighted by molar-refractivity contribution is -0.192. The predicted molar refractivity (Wildman–Crippen MR) is 101 cm³/mol. The minimum absolute atomic E-state index is 0.00160. The monoisotopic (exact) mass is 443 g/mol. The summed E-state index contributed by atoms with van der Waals surface area (Å²) in [5.74, 6) is -2.05. The summed E-state index contributed by atoms with van der Waals surface area (Å²) in [4.78, 5) is 23.7. The van der Waals surface area contributed by atoms with Crippen molar-refractivity contribution < 1.29 is 37.0 Å². The van der Waals surface area contributed by atoms with Crippen molar-refractivity contribution in [2.24, 2.45) is 5.92 Å². The Hall–Kier alpha value is -2.82. The van der Waals surface area contributed by atoms with Gasteiger partial charge in [0.25, 0.3) is 5.91 Å². The van der Waals surface area contributed by atoms with Crippen molar-refractivity contribution in [2.75, 3.05) is 19.8 Å². The van der Waals surface area contributed by atoms with Gasteiger partial charge in [-0.2, -0.15) is 18.3 Å². The molecular formula is C20H24F3N3O5. The molecule has 170 valence electrons.